The molecule has 0 fully saturated rings. The van der Waals surface area contributed by atoms with Gasteiger partial charge in [0.15, 0.2) is 0 Å². The number of hydrogen-bond acceptors (Lipinski definition) is 0. The molecular formula is C5H11BF4S. The van der Waals surface area contributed by atoms with Crippen molar-refractivity contribution in [2.24, 2.45) is 0 Å². The molecule has 0 aromatic carbocycles. The van der Waals surface area contributed by atoms with Gasteiger partial charge < -0.3 is 17.3 Å². The van der Waals surface area contributed by atoms with Gasteiger partial charge in [0, 0.05) is 0 Å². The number of rotatable bonds is 2. The summed E-state index contributed by atoms with van der Waals surface area (Å²) < 4.78 is 39.0. The van der Waals surface area contributed by atoms with Crippen molar-refractivity contribution < 1.29 is 17.3 Å². The zero-order chi connectivity index (χ0) is 9.49. The molecule has 0 bridgehead atoms. The molecule has 0 unspecified atom stereocenters. The summed E-state index contributed by atoms with van der Waals surface area (Å²) in [6.45, 7) is 3.61. The van der Waals surface area contributed by atoms with E-state index in [0.717, 1.165) is 0 Å². The third kappa shape index (κ3) is 74.1. The van der Waals surface area contributed by atoms with Crippen molar-refractivity contribution >= 4 is 18.1 Å². The highest BCUT2D eigenvalue weighted by Crippen LogP contribution is 2.06. The minimum absolute atomic E-state index is 0.566. The van der Waals surface area contributed by atoms with Gasteiger partial charge in [0.2, 0.25) is 0 Å². The fourth-order valence-electron chi connectivity index (χ4n) is 0.236. The molecular weight excluding hydrogens is 179 g/mol. The number of halogens is 4. The normalized spacial score (nSPS) is 10.5. The molecule has 6 heteroatoms. The van der Waals surface area contributed by atoms with Crippen LogP contribution in [0.15, 0.2) is 12.7 Å². The van der Waals surface area contributed by atoms with Crippen LogP contribution in [0.25, 0.3) is 0 Å². The third-order valence-electron chi connectivity index (χ3n) is 0.451. The van der Waals surface area contributed by atoms with Crippen molar-refractivity contribution in [1.82, 2.24) is 0 Å². The molecule has 0 saturated heterocycles. The standard InChI is InChI=1S/C5H11S.BF4/c1-4-5-6(2)3;2-1(3,4)5/h4H,1,5H2,2-3H3;/q+1;-1. The Kier molecular flexibility index (Phi) is 8.05. The van der Waals surface area contributed by atoms with E-state index < -0.39 is 7.25 Å². The topological polar surface area (TPSA) is 0 Å². The first-order valence-corrected chi connectivity index (χ1v) is 5.00. The Bertz CT molecular complexity index is 95.1. The van der Waals surface area contributed by atoms with E-state index in [1.54, 1.807) is 0 Å². The molecule has 0 saturated carbocycles. The van der Waals surface area contributed by atoms with Gasteiger partial charge in [0.25, 0.3) is 0 Å². The van der Waals surface area contributed by atoms with Crippen LogP contribution in [0.3, 0.4) is 0 Å². The molecule has 68 valence electrons. The first-order valence-electron chi connectivity index (χ1n) is 2.79. The van der Waals surface area contributed by atoms with Crippen LogP contribution in [-0.4, -0.2) is 25.5 Å². The van der Waals surface area contributed by atoms with Crippen LogP contribution in [0.2, 0.25) is 0 Å². The molecule has 0 aromatic heterocycles. The van der Waals surface area contributed by atoms with E-state index in [2.05, 4.69) is 19.1 Å². The lowest BCUT2D eigenvalue weighted by molar-refractivity contribution is 0.368. The van der Waals surface area contributed by atoms with E-state index in [9.17, 15) is 17.3 Å². The molecule has 0 atom stereocenters. The summed E-state index contributed by atoms with van der Waals surface area (Å²) in [6.07, 6.45) is 6.38. The molecule has 11 heavy (non-hydrogen) atoms. The minimum Gasteiger partial charge on any atom is -0.418 e. The molecule has 0 radical (unpaired) electrons. The number of hydrogen-bond donors (Lipinski definition) is 0. The Balaban J connectivity index is 0. The van der Waals surface area contributed by atoms with Gasteiger partial charge in [-0.05, 0) is 17.0 Å². The highest BCUT2D eigenvalue weighted by atomic mass is 32.2. The summed E-state index contributed by atoms with van der Waals surface area (Å²) in [5.41, 5.74) is 0. The molecule has 0 aliphatic heterocycles. The van der Waals surface area contributed by atoms with Crippen LogP contribution in [0.4, 0.5) is 17.3 Å². The minimum atomic E-state index is -6.00. The molecule has 0 aromatic rings. The molecule has 0 aliphatic rings. The summed E-state index contributed by atoms with van der Waals surface area (Å²) in [7, 11) is -5.43. The SMILES string of the molecule is C=CC[S+](C)C.F[B-](F)(F)F. The van der Waals surface area contributed by atoms with Gasteiger partial charge in [-0.1, -0.05) is 6.58 Å². The van der Waals surface area contributed by atoms with Gasteiger partial charge >= 0.3 is 7.25 Å². The van der Waals surface area contributed by atoms with Crippen molar-refractivity contribution in [1.29, 1.82) is 0 Å². The lowest BCUT2D eigenvalue weighted by atomic mass is 10.3. The Labute approximate surface area is 67.1 Å². The lowest BCUT2D eigenvalue weighted by Crippen LogP contribution is -2.02. The van der Waals surface area contributed by atoms with E-state index in [0.29, 0.717) is 10.9 Å². The highest BCUT2D eigenvalue weighted by Gasteiger charge is 2.20. The van der Waals surface area contributed by atoms with Crippen LogP contribution in [-0.2, 0) is 10.9 Å². The summed E-state index contributed by atoms with van der Waals surface area (Å²) in [4.78, 5) is 0. The van der Waals surface area contributed by atoms with Crippen molar-refractivity contribution in [3.8, 4) is 0 Å². The zero-order valence-electron chi connectivity index (χ0n) is 6.49. The average molecular weight is 190 g/mol. The maximum absolute atomic E-state index is 9.75. The smallest absolute Gasteiger partial charge is 0.418 e. The predicted molar refractivity (Wildman–Crippen MR) is 44.5 cm³/mol. The second-order valence-corrected chi connectivity index (χ2v) is 4.24. The van der Waals surface area contributed by atoms with E-state index in [1.165, 1.54) is 5.75 Å². The van der Waals surface area contributed by atoms with Gasteiger partial charge in [-0.2, -0.15) is 0 Å². The van der Waals surface area contributed by atoms with Gasteiger partial charge in [-0.3, -0.25) is 0 Å². The van der Waals surface area contributed by atoms with Gasteiger partial charge in [-0.25, -0.2) is 0 Å². The predicted octanol–water partition coefficient (Wildman–Crippen LogP) is 2.35. The Morgan fingerprint density at radius 3 is 1.55 bits per heavy atom. The average Bonchev–Trinajstić information content (AvgIpc) is 1.58. The van der Waals surface area contributed by atoms with Crippen LogP contribution in [0.5, 0.6) is 0 Å². The van der Waals surface area contributed by atoms with Gasteiger partial charge in [-0.15, -0.1) is 0 Å². The van der Waals surface area contributed by atoms with Gasteiger partial charge in [0.1, 0.15) is 5.75 Å². The Hall–Kier alpha value is -0.125. The van der Waals surface area contributed by atoms with Crippen LogP contribution >= 0.6 is 0 Å². The Morgan fingerprint density at radius 1 is 1.27 bits per heavy atom. The maximum atomic E-state index is 9.75. The van der Waals surface area contributed by atoms with Crippen LogP contribution < -0.4 is 0 Å². The second-order valence-electron chi connectivity index (χ2n) is 1.94. The van der Waals surface area contributed by atoms with Crippen LogP contribution in [0, 0.1) is 0 Å². The van der Waals surface area contributed by atoms with Gasteiger partial charge in [0.05, 0.1) is 12.5 Å². The van der Waals surface area contributed by atoms with E-state index in [1.807, 2.05) is 6.08 Å². The van der Waals surface area contributed by atoms with Crippen molar-refractivity contribution in [3.63, 3.8) is 0 Å². The van der Waals surface area contributed by atoms with E-state index >= 15 is 0 Å². The third-order valence-corrected chi connectivity index (χ3v) is 1.35. The fourth-order valence-corrected chi connectivity index (χ4v) is 0.707. The van der Waals surface area contributed by atoms with Crippen molar-refractivity contribution in [2.45, 2.75) is 0 Å². The molecule has 0 aliphatic carbocycles. The largest absolute Gasteiger partial charge is 0.673 e. The molecule has 0 spiro atoms. The molecule has 0 nitrogen and oxygen atoms in total. The van der Waals surface area contributed by atoms with Crippen molar-refractivity contribution in [2.75, 3.05) is 18.3 Å². The molecule has 0 rings (SSSR count). The first kappa shape index (κ1) is 13.5. The second kappa shape index (κ2) is 6.58. The lowest BCUT2D eigenvalue weighted by Gasteiger charge is -1.94. The summed E-state index contributed by atoms with van der Waals surface area (Å²) in [5.74, 6) is 1.17. The van der Waals surface area contributed by atoms with E-state index in [4.69, 9.17) is 0 Å². The van der Waals surface area contributed by atoms with Crippen LogP contribution in [0.1, 0.15) is 0 Å². The molecule has 0 heterocycles. The monoisotopic (exact) mass is 190 g/mol. The van der Waals surface area contributed by atoms with E-state index in [-0.39, 0.29) is 0 Å². The maximum Gasteiger partial charge on any atom is 0.673 e. The zero-order valence-corrected chi connectivity index (χ0v) is 7.31. The molecule has 0 N–H and O–H groups in total. The highest BCUT2D eigenvalue weighted by molar-refractivity contribution is 7.95. The summed E-state index contributed by atoms with van der Waals surface area (Å²) in [6, 6.07) is 0. The van der Waals surface area contributed by atoms with Crippen molar-refractivity contribution in [3.05, 3.63) is 12.7 Å². The first-order chi connectivity index (χ1) is 4.77. The summed E-state index contributed by atoms with van der Waals surface area (Å²) in [5, 5.41) is 0. The quantitative estimate of drug-likeness (QED) is 0.271. The Morgan fingerprint density at radius 2 is 1.55 bits per heavy atom. The molecule has 0 amide bonds. The summed E-state index contributed by atoms with van der Waals surface area (Å²) >= 11 is 0. The fraction of sp³-hybridized carbons (Fsp3) is 0.600.